The summed E-state index contributed by atoms with van der Waals surface area (Å²) in [4.78, 5) is 16.0. The van der Waals surface area contributed by atoms with Gasteiger partial charge in [-0.15, -0.1) is 0 Å². The number of carbonyl (C=O) groups excluding carboxylic acids is 1. The number of thiazole rings is 1. The lowest BCUT2D eigenvalue weighted by molar-refractivity contribution is -0.116. The lowest BCUT2D eigenvalue weighted by atomic mass is 10.2. The van der Waals surface area contributed by atoms with Gasteiger partial charge in [-0.1, -0.05) is 36.8 Å². The number of aryl methyl sites for hydroxylation is 1. The molecule has 0 aliphatic rings. The average Bonchev–Trinajstić information content (AvgIpc) is 2.70. The van der Waals surface area contributed by atoms with Crippen molar-refractivity contribution in [1.29, 1.82) is 0 Å². The van der Waals surface area contributed by atoms with Gasteiger partial charge in [-0.2, -0.15) is 0 Å². The standard InChI is InChI=1S/C13H16N2OS/c1-3-4-8-11(16)14-13-15-12-9(2)6-5-7-10(12)17-13/h5-7H,3-4,8H2,1-2H3,(H,14,15,16). The maximum absolute atomic E-state index is 11.6. The molecule has 0 bridgehead atoms. The maximum atomic E-state index is 11.6. The Morgan fingerprint density at radius 3 is 3.00 bits per heavy atom. The summed E-state index contributed by atoms with van der Waals surface area (Å²) in [6.07, 6.45) is 2.54. The van der Waals surface area contributed by atoms with Crippen molar-refractivity contribution in [2.24, 2.45) is 0 Å². The van der Waals surface area contributed by atoms with Crippen LogP contribution in [0.5, 0.6) is 0 Å². The molecule has 0 saturated carbocycles. The molecule has 1 aromatic carbocycles. The summed E-state index contributed by atoms with van der Waals surface area (Å²) in [7, 11) is 0. The number of aromatic nitrogens is 1. The fourth-order valence-electron chi connectivity index (χ4n) is 1.66. The molecule has 1 heterocycles. The quantitative estimate of drug-likeness (QED) is 0.895. The molecule has 0 radical (unpaired) electrons. The van der Waals surface area contributed by atoms with Gasteiger partial charge in [-0.3, -0.25) is 4.79 Å². The molecule has 0 atom stereocenters. The van der Waals surface area contributed by atoms with Crippen LogP contribution in [-0.4, -0.2) is 10.9 Å². The molecule has 2 aromatic rings. The summed E-state index contributed by atoms with van der Waals surface area (Å²) in [5.41, 5.74) is 2.14. The van der Waals surface area contributed by atoms with E-state index >= 15 is 0 Å². The molecule has 17 heavy (non-hydrogen) atoms. The number of unbranched alkanes of at least 4 members (excludes halogenated alkanes) is 1. The van der Waals surface area contributed by atoms with E-state index in [4.69, 9.17) is 0 Å². The number of hydrogen-bond acceptors (Lipinski definition) is 3. The van der Waals surface area contributed by atoms with Crippen LogP contribution in [0.4, 0.5) is 5.13 Å². The Morgan fingerprint density at radius 1 is 1.47 bits per heavy atom. The van der Waals surface area contributed by atoms with Gasteiger partial charge < -0.3 is 5.32 Å². The summed E-state index contributed by atoms with van der Waals surface area (Å²) < 4.78 is 1.12. The van der Waals surface area contributed by atoms with Crippen LogP contribution in [0.3, 0.4) is 0 Å². The normalized spacial score (nSPS) is 10.7. The highest BCUT2D eigenvalue weighted by Gasteiger charge is 2.08. The van der Waals surface area contributed by atoms with Crippen LogP contribution < -0.4 is 5.32 Å². The van der Waals surface area contributed by atoms with Gasteiger partial charge in [0, 0.05) is 6.42 Å². The third-order valence-electron chi connectivity index (χ3n) is 2.62. The number of rotatable bonds is 4. The van der Waals surface area contributed by atoms with Crippen LogP contribution in [-0.2, 0) is 4.79 Å². The summed E-state index contributed by atoms with van der Waals surface area (Å²) in [6.45, 7) is 4.11. The van der Waals surface area contributed by atoms with Crippen LogP contribution in [0.25, 0.3) is 10.2 Å². The first-order chi connectivity index (χ1) is 8.20. The Morgan fingerprint density at radius 2 is 2.29 bits per heavy atom. The van der Waals surface area contributed by atoms with Crippen molar-refractivity contribution in [1.82, 2.24) is 4.98 Å². The lowest BCUT2D eigenvalue weighted by Gasteiger charge is -1.99. The highest BCUT2D eigenvalue weighted by molar-refractivity contribution is 7.22. The van der Waals surface area contributed by atoms with E-state index in [2.05, 4.69) is 17.2 Å². The van der Waals surface area contributed by atoms with Crippen LogP contribution in [0.15, 0.2) is 18.2 Å². The van der Waals surface area contributed by atoms with Gasteiger partial charge in [0.15, 0.2) is 5.13 Å². The van der Waals surface area contributed by atoms with E-state index in [9.17, 15) is 4.79 Å². The maximum Gasteiger partial charge on any atom is 0.226 e. The number of carbonyl (C=O) groups is 1. The molecule has 90 valence electrons. The highest BCUT2D eigenvalue weighted by Crippen LogP contribution is 2.27. The number of fused-ring (bicyclic) bond motifs is 1. The van der Waals surface area contributed by atoms with E-state index in [1.807, 2.05) is 25.1 Å². The minimum atomic E-state index is 0.0589. The predicted molar refractivity (Wildman–Crippen MR) is 72.5 cm³/mol. The van der Waals surface area contributed by atoms with Crippen LogP contribution >= 0.6 is 11.3 Å². The van der Waals surface area contributed by atoms with Crippen molar-refractivity contribution in [2.75, 3.05) is 5.32 Å². The first-order valence-electron chi connectivity index (χ1n) is 5.86. The number of para-hydroxylation sites is 1. The van der Waals surface area contributed by atoms with Gasteiger partial charge in [0.2, 0.25) is 5.91 Å². The number of nitrogens with zero attached hydrogens (tertiary/aromatic N) is 1. The Labute approximate surface area is 105 Å². The Hall–Kier alpha value is -1.42. The zero-order valence-electron chi connectivity index (χ0n) is 10.1. The second-order valence-corrected chi connectivity index (χ2v) is 5.12. The van der Waals surface area contributed by atoms with Crippen LogP contribution in [0.1, 0.15) is 31.7 Å². The first kappa shape index (κ1) is 12.0. The first-order valence-corrected chi connectivity index (χ1v) is 6.68. The zero-order valence-corrected chi connectivity index (χ0v) is 10.9. The van der Waals surface area contributed by atoms with Crippen molar-refractivity contribution in [2.45, 2.75) is 33.1 Å². The molecule has 0 aliphatic heterocycles. The Bertz CT molecular complexity index is 533. The number of amides is 1. The van der Waals surface area contributed by atoms with Gasteiger partial charge >= 0.3 is 0 Å². The Kier molecular flexibility index (Phi) is 3.74. The molecule has 1 N–H and O–H groups in total. The fraction of sp³-hybridized carbons (Fsp3) is 0.385. The van der Waals surface area contributed by atoms with E-state index in [0.717, 1.165) is 28.6 Å². The summed E-state index contributed by atoms with van der Waals surface area (Å²) >= 11 is 1.53. The average molecular weight is 248 g/mol. The number of nitrogens with one attached hydrogen (secondary N) is 1. The SMILES string of the molecule is CCCCC(=O)Nc1nc2c(C)cccc2s1. The number of hydrogen-bond donors (Lipinski definition) is 1. The number of anilines is 1. The van der Waals surface area contributed by atoms with Crippen molar-refractivity contribution in [3.63, 3.8) is 0 Å². The highest BCUT2D eigenvalue weighted by atomic mass is 32.1. The van der Waals surface area contributed by atoms with E-state index < -0.39 is 0 Å². The zero-order chi connectivity index (χ0) is 12.3. The molecular weight excluding hydrogens is 232 g/mol. The predicted octanol–water partition coefficient (Wildman–Crippen LogP) is 3.73. The molecule has 1 amide bonds. The van der Waals surface area contributed by atoms with E-state index in [1.54, 1.807) is 0 Å². The lowest BCUT2D eigenvalue weighted by Crippen LogP contribution is -2.10. The second kappa shape index (κ2) is 5.27. The largest absolute Gasteiger partial charge is 0.302 e. The summed E-state index contributed by atoms with van der Waals surface area (Å²) in [5, 5.41) is 3.57. The Balaban J connectivity index is 2.14. The van der Waals surface area contributed by atoms with Gasteiger partial charge in [-0.05, 0) is 25.0 Å². The van der Waals surface area contributed by atoms with E-state index in [1.165, 1.54) is 11.3 Å². The van der Waals surface area contributed by atoms with Crippen LogP contribution in [0.2, 0.25) is 0 Å². The molecule has 0 saturated heterocycles. The topological polar surface area (TPSA) is 42.0 Å². The fourth-order valence-corrected chi connectivity index (χ4v) is 2.62. The molecule has 0 aliphatic carbocycles. The molecule has 1 aromatic heterocycles. The molecular formula is C13H16N2OS. The molecule has 0 fully saturated rings. The third kappa shape index (κ3) is 2.82. The van der Waals surface area contributed by atoms with Crippen LogP contribution in [0, 0.1) is 6.92 Å². The third-order valence-corrected chi connectivity index (χ3v) is 3.56. The molecule has 3 nitrogen and oxygen atoms in total. The van der Waals surface area contributed by atoms with Gasteiger partial charge in [0.1, 0.15) is 0 Å². The van der Waals surface area contributed by atoms with E-state index in [-0.39, 0.29) is 5.91 Å². The van der Waals surface area contributed by atoms with Crippen molar-refractivity contribution in [3.8, 4) is 0 Å². The molecule has 0 spiro atoms. The molecule has 0 unspecified atom stereocenters. The monoisotopic (exact) mass is 248 g/mol. The van der Waals surface area contributed by atoms with Crippen molar-refractivity contribution < 1.29 is 4.79 Å². The molecule has 4 heteroatoms. The minimum Gasteiger partial charge on any atom is -0.302 e. The van der Waals surface area contributed by atoms with Gasteiger partial charge in [0.25, 0.3) is 0 Å². The molecule has 2 rings (SSSR count). The van der Waals surface area contributed by atoms with Crippen molar-refractivity contribution in [3.05, 3.63) is 23.8 Å². The van der Waals surface area contributed by atoms with Crippen molar-refractivity contribution >= 4 is 32.6 Å². The summed E-state index contributed by atoms with van der Waals surface area (Å²) in [6, 6.07) is 6.07. The second-order valence-electron chi connectivity index (χ2n) is 4.09. The minimum absolute atomic E-state index is 0.0589. The van der Waals surface area contributed by atoms with Gasteiger partial charge in [0.05, 0.1) is 10.2 Å². The summed E-state index contributed by atoms with van der Waals surface area (Å²) in [5.74, 6) is 0.0589. The smallest absolute Gasteiger partial charge is 0.226 e. The van der Waals surface area contributed by atoms with E-state index in [0.29, 0.717) is 11.6 Å². The number of benzene rings is 1. The van der Waals surface area contributed by atoms with Gasteiger partial charge in [-0.25, -0.2) is 4.98 Å².